The van der Waals surface area contributed by atoms with Gasteiger partial charge in [-0.1, -0.05) is 23.4 Å². The maximum Gasteiger partial charge on any atom is 0.239 e. The number of aromatic nitrogens is 2. The second-order valence-corrected chi connectivity index (χ2v) is 5.25. The number of rotatable bonds is 2. The van der Waals surface area contributed by atoms with E-state index in [9.17, 15) is 4.79 Å². The zero-order valence-electron chi connectivity index (χ0n) is 11.3. The summed E-state index contributed by atoms with van der Waals surface area (Å²) in [5, 5.41) is 3.97. The minimum Gasteiger partial charge on any atom is -0.482 e. The van der Waals surface area contributed by atoms with Gasteiger partial charge in [-0.3, -0.25) is 4.79 Å². The summed E-state index contributed by atoms with van der Waals surface area (Å²) in [6, 6.07) is 7.86. The van der Waals surface area contributed by atoms with Crippen molar-refractivity contribution in [2.24, 2.45) is 0 Å². The lowest BCUT2D eigenvalue weighted by Gasteiger charge is -2.17. The average molecular weight is 286 g/mol. The van der Waals surface area contributed by atoms with E-state index in [1.807, 2.05) is 24.3 Å². The Kier molecular flexibility index (Phi) is 2.96. The van der Waals surface area contributed by atoms with Crippen molar-refractivity contribution in [1.29, 1.82) is 0 Å². The molecule has 0 spiro atoms. The molecule has 1 aromatic carbocycles. The zero-order valence-corrected chi connectivity index (χ0v) is 11.3. The third kappa shape index (κ3) is 2.21. The molecular formula is C15H14N2O4. The molecule has 6 nitrogen and oxygen atoms in total. The smallest absolute Gasteiger partial charge is 0.239 e. The van der Waals surface area contributed by atoms with Crippen LogP contribution < -0.4 is 4.74 Å². The van der Waals surface area contributed by atoms with Gasteiger partial charge in [0.1, 0.15) is 17.5 Å². The first-order valence-corrected chi connectivity index (χ1v) is 7.00. The van der Waals surface area contributed by atoms with Crippen LogP contribution in [0.1, 0.15) is 35.7 Å². The first-order chi connectivity index (χ1) is 10.3. The van der Waals surface area contributed by atoms with E-state index < -0.39 is 5.92 Å². The van der Waals surface area contributed by atoms with Crippen LogP contribution in [0.3, 0.4) is 0 Å². The molecule has 0 saturated carbocycles. The van der Waals surface area contributed by atoms with E-state index in [0.717, 1.165) is 11.3 Å². The Morgan fingerprint density at radius 3 is 3.00 bits per heavy atom. The lowest BCUT2D eigenvalue weighted by Crippen LogP contribution is -2.25. The summed E-state index contributed by atoms with van der Waals surface area (Å²) in [6.07, 6.45) is 0.859. The number of nitrogens with zero attached hydrogens (tertiary/aromatic N) is 2. The van der Waals surface area contributed by atoms with Crippen LogP contribution in [0.25, 0.3) is 0 Å². The fourth-order valence-corrected chi connectivity index (χ4v) is 2.70. The van der Waals surface area contributed by atoms with Crippen molar-refractivity contribution in [2.45, 2.75) is 24.9 Å². The van der Waals surface area contributed by atoms with Crippen molar-refractivity contribution in [1.82, 2.24) is 10.1 Å². The van der Waals surface area contributed by atoms with E-state index in [0.29, 0.717) is 37.8 Å². The van der Waals surface area contributed by atoms with Crippen LogP contribution >= 0.6 is 0 Å². The Balaban J connectivity index is 1.54. The van der Waals surface area contributed by atoms with E-state index in [1.165, 1.54) is 0 Å². The molecular weight excluding hydrogens is 272 g/mol. The molecule has 1 aromatic heterocycles. The molecule has 1 saturated heterocycles. The fraction of sp³-hybridized carbons (Fsp3) is 0.400. The Morgan fingerprint density at radius 1 is 1.24 bits per heavy atom. The molecule has 6 heteroatoms. The molecule has 2 atom stereocenters. The highest BCUT2D eigenvalue weighted by molar-refractivity contribution is 5.85. The van der Waals surface area contributed by atoms with Crippen LogP contribution in [0.2, 0.25) is 0 Å². The van der Waals surface area contributed by atoms with Crippen molar-refractivity contribution < 1.29 is 18.8 Å². The molecule has 108 valence electrons. The molecule has 0 bridgehead atoms. The third-order valence-corrected chi connectivity index (χ3v) is 3.86. The first kappa shape index (κ1) is 12.5. The Morgan fingerprint density at radius 2 is 2.14 bits per heavy atom. The van der Waals surface area contributed by atoms with Crippen LogP contribution in [-0.4, -0.2) is 29.1 Å². The number of benzene rings is 1. The molecule has 2 unspecified atom stereocenters. The molecule has 2 aliphatic rings. The minimum atomic E-state index is -0.441. The SMILES string of the molecule is O=C1CCOCC1c1nc(C2Cc3ccccc3O2)no1. The van der Waals surface area contributed by atoms with Gasteiger partial charge in [-0.05, 0) is 11.6 Å². The number of ketones is 1. The third-order valence-electron chi connectivity index (χ3n) is 3.86. The molecule has 0 aliphatic carbocycles. The number of ether oxygens (including phenoxy) is 2. The topological polar surface area (TPSA) is 74.5 Å². The Hall–Kier alpha value is -2.21. The van der Waals surface area contributed by atoms with E-state index >= 15 is 0 Å². The van der Waals surface area contributed by atoms with Crippen LogP contribution in [0.4, 0.5) is 0 Å². The zero-order chi connectivity index (χ0) is 14.2. The normalized spacial score (nSPS) is 24.7. The quantitative estimate of drug-likeness (QED) is 0.838. The molecule has 21 heavy (non-hydrogen) atoms. The molecule has 0 amide bonds. The molecule has 4 rings (SSSR count). The summed E-state index contributed by atoms with van der Waals surface area (Å²) in [5.74, 6) is 1.32. The molecule has 2 aromatic rings. The largest absolute Gasteiger partial charge is 0.482 e. The maximum absolute atomic E-state index is 11.9. The lowest BCUT2D eigenvalue weighted by atomic mass is 10.0. The predicted octanol–water partition coefficient (Wildman–Crippen LogP) is 1.82. The number of carbonyl (C=O) groups excluding carboxylic acids is 1. The van der Waals surface area contributed by atoms with Crippen molar-refractivity contribution in [3.8, 4) is 5.75 Å². The molecule has 0 radical (unpaired) electrons. The van der Waals surface area contributed by atoms with Crippen molar-refractivity contribution >= 4 is 5.78 Å². The van der Waals surface area contributed by atoms with Gasteiger partial charge < -0.3 is 14.0 Å². The molecule has 1 fully saturated rings. The number of carbonyl (C=O) groups is 1. The molecule has 0 N–H and O–H groups in total. The lowest BCUT2D eigenvalue weighted by molar-refractivity contribution is -0.127. The monoisotopic (exact) mass is 286 g/mol. The van der Waals surface area contributed by atoms with E-state index in [4.69, 9.17) is 14.0 Å². The second kappa shape index (κ2) is 4.96. The predicted molar refractivity (Wildman–Crippen MR) is 71.0 cm³/mol. The number of fused-ring (bicyclic) bond motifs is 1. The van der Waals surface area contributed by atoms with Gasteiger partial charge in [0.15, 0.2) is 6.10 Å². The van der Waals surface area contributed by atoms with Crippen LogP contribution in [0.15, 0.2) is 28.8 Å². The highest BCUT2D eigenvalue weighted by Gasteiger charge is 2.33. The Bertz CT molecular complexity index is 657. The van der Waals surface area contributed by atoms with Crippen molar-refractivity contribution in [3.05, 3.63) is 41.5 Å². The summed E-state index contributed by atoms with van der Waals surface area (Å²) in [7, 11) is 0. The maximum atomic E-state index is 11.9. The van der Waals surface area contributed by atoms with E-state index in [1.54, 1.807) is 0 Å². The Labute approximate surface area is 121 Å². The number of hydrogen-bond acceptors (Lipinski definition) is 6. The van der Waals surface area contributed by atoms with Crippen molar-refractivity contribution in [3.63, 3.8) is 0 Å². The van der Waals surface area contributed by atoms with Gasteiger partial charge in [-0.2, -0.15) is 4.98 Å². The minimum absolute atomic E-state index is 0.0899. The van der Waals surface area contributed by atoms with Crippen molar-refractivity contribution in [2.75, 3.05) is 13.2 Å². The number of para-hydroxylation sites is 1. The van der Waals surface area contributed by atoms with Gasteiger partial charge in [-0.15, -0.1) is 0 Å². The van der Waals surface area contributed by atoms with Crippen LogP contribution in [0, 0.1) is 0 Å². The highest BCUT2D eigenvalue weighted by Crippen LogP contribution is 2.35. The van der Waals surface area contributed by atoms with Crippen LogP contribution in [-0.2, 0) is 16.0 Å². The number of Topliss-reactive ketones (excluding diaryl/α,β-unsaturated/α-hetero) is 1. The standard InChI is InChI=1S/C15H14N2O4/c18-11-5-6-19-8-10(11)15-16-14(17-21-15)13-7-9-3-1-2-4-12(9)20-13/h1-4,10,13H,5-8H2. The average Bonchev–Trinajstić information content (AvgIpc) is 3.14. The van der Waals surface area contributed by atoms with Gasteiger partial charge in [0, 0.05) is 12.8 Å². The van der Waals surface area contributed by atoms with Gasteiger partial charge in [0.05, 0.1) is 13.2 Å². The van der Waals surface area contributed by atoms with Gasteiger partial charge in [0.25, 0.3) is 0 Å². The summed E-state index contributed by atoms with van der Waals surface area (Å²) in [4.78, 5) is 16.2. The molecule has 3 heterocycles. The van der Waals surface area contributed by atoms with E-state index in [-0.39, 0.29) is 11.9 Å². The fourth-order valence-electron chi connectivity index (χ4n) is 2.70. The second-order valence-electron chi connectivity index (χ2n) is 5.25. The first-order valence-electron chi connectivity index (χ1n) is 7.00. The molecule has 2 aliphatic heterocycles. The van der Waals surface area contributed by atoms with Crippen LogP contribution in [0.5, 0.6) is 5.75 Å². The summed E-state index contributed by atoms with van der Waals surface area (Å²) in [5.41, 5.74) is 1.13. The van der Waals surface area contributed by atoms with E-state index in [2.05, 4.69) is 10.1 Å². The van der Waals surface area contributed by atoms with Gasteiger partial charge in [0.2, 0.25) is 11.7 Å². The highest BCUT2D eigenvalue weighted by atomic mass is 16.5. The summed E-state index contributed by atoms with van der Waals surface area (Å²) < 4.78 is 16.4. The van der Waals surface area contributed by atoms with Gasteiger partial charge >= 0.3 is 0 Å². The summed E-state index contributed by atoms with van der Waals surface area (Å²) >= 11 is 0. The van der Waals surface area contributed by atoms with Gasteiger partial charge in [-0.25, -0.2) is 0 Å². The summed E-state index contributed by atoms with van der Waals surface area (Å²) in [6.45, 7) is 0.781. The number of hydrogen-bond donors (Lipinski definition) is 0.